The van der Waals surface area contributed by atoms with Crippen LogP contribution in [0.15, 0.2) is 18.3 Å². The van der Waals surface area contributed by atoms with Crippen LogP contribution < -0.4 is 5.32 Å². The Hall–Kier alpha value is -2.11. The predicted molar refractivity (Wildman–Crippen MR) is 76.1 cm³/mol. The summed E-state index contributed by atoms with van der Waals surface area (Å²) < 4.78 is 0. The van der Waals surface area contributed by atoms with E-state index in [1.165, 1.54) is 0 Å². The SMILES string of the molecule is CCNc1cc(CN2CC(=O)N(CC)CC2=O)ccn1. The highest BCUT2D eigenvalue weighted by atomic mass is 16.2. The zero-order valence-corrected chi connectivity index (χ0v) is 11.9. The van der Waals surface area contributed by atoms with E-state index in [2.05, 4.69) is 10.3 Å². The fraction of sp³-hybridized carbons (Fsp3) is 0.500. The smallest absolute Gasteiger partial charge is 0.242 e. The normalized spacial score (nSPS) is 15.7. The second-order valence-electron chi connectivity index (χ2n) is 4.74. The van der Waals surface area contributed by atoms with Gasteiger partial charge < -0.3 is 15.1 Å². The summed E-state index contributed by atoms with van der Waals surface area (Å²) in [5.74, 6) is 0.789. The molecule has 6 nitrogen and oxygen atoms in total. The lowest BCUT2D eigenvalue weighted by atomic mass is 10.2. The van der Waals surface area contributed by atoms with Crippen molar-refractivity contribution in [2.24, 2.45) is 0 Å². The molecule has 1 aromatic rings. The van der Waals surface area contributed by atoms with Crippen LogP contribution in [0.25, 0.3) is 0 Å². The molecule has 0 radical (unpaired) electrons. The Bertz CT molecular complexity index is 504. The number of amides is 2. The Morgan fingerprint density at radius 2 is 1.90 bits per heavy atom. The van der Waals surface area contributed by atoms with Gasteiger partial charge in [0.2, 0.25) is 11.8 Å². The molecule has 1 saturated heterocycles. The van der Waals surface area contributed by atoms with E-state index >= 15 is 0 Å². The first-order valence-electron chi connectivity index (χ1n) is 6.88. The first-order chi connectivity index (χ1) is 9.63. The van der Waals surface area contributed by atoms with Gasteiger partial charge >= 0.3 is 0 Å². The van der Waals surface area contributed by atoms with Crippen molar-refractivity contribution < 1.29 is 9.59 Å². The van der Waals surface area contributed by atoms with Crippen LogP contribution >= 0.6 is 0 Å². The standard InChI is InChI=1S/C14H20N4O2/c1-3-15-12-7-11(5-6-16-12)8-18-10-13(19)17(4-2)9-14(18)20/h5-7H,3-4,8-10H2,1-2H3,(H,15,16). The summed E-state index contributed by atoms with van der Waals surface area (Å²) in [6.45, 7) is 6.04. The number of pyridine rings is 1. The van der Waals surface area contributed by atoms with Crippen molar-refractivity contribution in [2.45, 2.75) is 20.4 Å². The maximum absolute atomic E-state index is 12.0. The average molecular weight is 276 g/mol. The van der Waals surface area contributed by atoms with Gasteiger partial charge in [-0.1, -0.05) is 0 Å². The van der Waals surface area contributed by atoms with Crippen molar-refractivity contribution in [1.82, 2.24) is 14.8 Å². The second kappa shape index (κ2) is 6.36. The van der Waals surface area contributed by atoms with Crippen LogP contribution in [-0.4, -0.2) is 52.8 Å². The van der Waals surface area contributed by atoms with E-state index in [1.807, 2.05) is 26.0 Å². The topological polar surface area (TPSA) is 65.5 Å². The molecule has 0 unspecified atom stereocenters. The Morgan fingerprint density at radius 1 is 1.20 bits per heavy atom. The number of hydrogen-bond acceptors (Lipinski definition) is 4. The van der Waals surface area contributed by atoms with Gasteiger partial charge in [0.25, 0.3) is 0 Å². The molecule has 20 heavy (non-hydrogen) atoms. The third kappa shape index (κ3) is 3.26. The van der Waals surface area contributed by atoms with Gasteiger partial charge in [0.15, 0.2) is 0 Å². The molecule has 0 saturated carbocycles. The predicted octanol–water partition coefficient (Wildman–Crippen LogP) is 0.704. The molecule has 1 aromatic heterocycles. The second-order valence-corrected chi connectivity index (χ2v) is 4.74. The van der Waals surface area contributed by atoms with Crippen molar-refractivity contribution >= 4 is 17.6 Å². The Labute approximate surface area is 118 Å². The van der Waals surface area contributed by atoms with Gasteiger partial charge in [-0.2, -0.15) is 0 Å². The summed E-state index contributed by atoms with van der Waals surface area (Å²) in [4.78, 5) is 31.2. The number of rotatable bonds is 5. The number of hydrogen-bond donors (Lipinski definition) is 1. The summed E-state index contributed by atoms with van der Waals surface area (Å²) in [6.07, 6.45) is 1.71. The van der Waals surface area contributed by atoms with Gasteiger partial charge in [0.1, 0.15) is 12.4 Å². The van der Waals surface area contributed by atoms with Crippen LogP contribution in [0.4, 0.5) is 5.82 Å². The molecule has 0 bridgehead atoms. The minimum atomic E-state index is -0.00624. The summed E-state index contributed by atoms with van der Waals surface area (Å²) in [7, 11) is 0. The molecule has 6 heteroatoms. The van der Waals surface area contributed by atoms with Crippen LogP contribution in [0.1, 0.15) is 19.4 Å². The number of nitrogens with one attached hydrogen (secondary N) is 1. The fourth-order valence-corrected chi connectivity index (χ4v) is 2.21. The largest absolute Gasteiger partial charge is 0.370 e. The molecule has 2 rings (SSSR count). The zero-order chi connectivity index (χ0) is 14.5. The molecule has 2 heterocycles. The molecule has 1 aliphatic rings. The first-order valence-corrected chi connectivity index (χ1v) is 6.88. The Kier molecular flexibility index (Phi) is 4.55. The molecule has 1 N–H and O–H groups in total. The van der Waals surface area contributed by atoms with Gasteiger partial charge in [0.05, 0.1) is 6.54 Å². The third-order valence-corrected chi connectivity index (χ3v) is 3.30. The van der Waals surface area contributed by atoms with Gasteiger partial charge in [-0.15, -0.1) is 0 Å². The van der Waals surface area contributed by atoms with E-state index in [-0.39, 0.29) is 24.9 Å². The van der Waals surface area contributed by atoms with Gasteiger partial charge in [0, 0.05) is 25.8 Å². The molecule has 1 fully saturated rings. The minimum absolute atomic E-state index is 0.00624. The Balaban J connectivity index is 2.04. The number of carbonyl (C=O) groups excluding carboxylic acids is 2. The van der Waals surface area contributed by atoms with E-state index in [0.29, 0.717) is 13.1 Å². The molecule has 0 aromatic carbocycles. The quantitative estimate of drug-likeness (QED) is 0.860. The minimum Gasteiger partial charge on any atom is -0.370 e. The molecular weight excluding hydrogens is 256 g/mol. The monoisotopic (exact) mass is 276 g/mol. The van der Waals surface area contributed by atoms with E-state index < -0.39 is 0 Å². The number of piperazine rings is 1. The lowest BCUT2D eigenvalue weighted by molar-refractivity contribution is -0.150. The first kappa shape index (κ1) is 14.3. The van der Waals surface area contributed by atoms with Crippen molar-refractivity contribution in [3.8, 4) is 0 Å². The fourth-order valence-electron chi connectivity index (χ4n) is 2.21. The summed E-state index contributed by atoms with van der Waals surface area (Å²) in [5.41, 5.74) is 0.974. The molecule has 1 aliphatic heterocycles. The van der Waals surface area contributed by atoms with Crippen molar-refractivity contribution in [2.75, 3.05) is 31.5 Å². The van der Waals surface area contributed by atoms with Crippen LogP contribution in [-0.2, 0) is 16.1 Å². The van der Waals surface area contributed by atoms with Crippen LogP contribution in [0.2, 0.25) is 0 Å². The van der Waals surface area contributed by atoms with E-state index in [1.54, 1.807) is 16.0 Å². The van der Waals surface area contributed by atoms with Crippen molar-refractivity contribution in [1.29, 1.82) is 0 Å². The van der Waals surface area contributed by atoms with E-state index in [0.717, 1.165) is 17.9 Å². The van der Waals surface area contributed by atoms with Crippen molar-refractivity contribution in [3.05, 3.63) is 23.9 Å². The number of carbonyl (C=O) groups is 2. The van der Waals surface area contributed by atoms with E-state index in [9.17, 15) is 9.59 Å². The summed E-state index contributed by atoms with van der Waals surface area (Å²) in [6, 6.07) is 3.78. The van der Waals surface area contributed by atoms with Gasteiger partial charge in [-0.3, -0.25) is 9.59 Å². The van der Waals surface area contributed by atoms with Crippen LogP contribution in [0.3, 0.4) is 0 Å². The molecule has 108 valence electrons. The van der Waals surface area contributed by atoms with Crippen LogP contribution in [0, 0.1) is 0 Å². The van der Waals surface area contributed by atoms with Gasteiger partial charge in [-0.05, 0) is 31.5 Å². The molecule has 0 spiro atoms. The number of likely N-dealkylation sites (N-methyl/N-ethyl adjacent to an activating group) is 1. The molecule has 0 aliphatic carbocycles. The number of anilines is 1. The molecular formula is C14H20N4O2. The highest BCUT2D eigenvalue weighted by Gasteiger charge is 2.28. The Morgan fingerprint density at radius 3 is 2.60 bits per heavy atom. The highest BCUT2D eigenvalue weighted by molar-refractivity contribution is 5.92. The average Bonchev–Trinajstić information content (AvgIpc) is 2.43. The molecule has 0 atom stereocenters. The number of nitrogens with zero attached hydrogens (tertiary/aromatic N) is 3. The lowest BCUT2D eigenvalue weighted by Crippen LogP contribution is -2.53. The van der Waals surface area contributed by atoms with Gasteiger partial charge in [-0.25, -0.2) is 4.98 Å². The number of aromatic nitrogens is 1. The lowest BCUT2D eigenvalue weighted by Gasteiger charge is -2.33. The zero-order valence-electron chi connectivity index (χ0n) is 11.9. The maximum Gasteiger partial charge on any atom is 0.242 e. The third-order valence-electron chi connectivity index (χ3n) is 3.30. The highest BCUT2D eigenvalue weighted by Crippen LogP contribution is 2.12. The summed E-state index contributed by atoms with van der Waals surface area (Å²) in [5, 5.41) is 3.13. The van der Waals surface area contributed by atoms with Crippen molar-refractivity contribution in [3.63, 3.8) is 0 Å². The summed E-state index contributed by atoms with van der Waals surface area (Å²) >= 11 is 0. The molecule has 2 amide bonds. The van der Waals surface area contributed by atoms with Crippen LogP contribution in [0.5, 0.6) is 0 Å². The van der Waals surface area contributed by atoms with E-state index in [4.69, 9.17) is 0 Å². The maximum atomic E-state index is 12.0.